The normalized spacial score (nSPS) is 9.37. The van der Waals surface area contributed by atoms with Crippen LogP contribution in [-0.2, 0) is 0 Å². The number of anilines is 4. The van der Waals surface area contributed by atoms with Gasteiger partial charge in [0.25, 0.3) is 10.4 Å². The molecule has 0 aliphatic heterocycles. The van der Waals surface area contributed by atoms with Gasteiger partial charge in [-0.1, -0.05) is 50.1 Å². The van der Waals surface area contributed by atoms with Crippen molar-refractivity contribution < 1.29 is 148 Å². The number of methoxy groups -OCH3 is 5. The van der Waals surface area contributed by atoms with Crippen LogP contribution in [-0.4, -0.2) is 199 Å². The van der Waals surface area contributed by atoms with Crippen molar-refractivity contribution in [1.29, 1.82) is 0 Å². The molecule has 7 rings (SSSR count). The number of benzene rings is 5. The Balaban J connectivity index is -0.000000230. The Morgan fingerprint density at radius 3 is 1.30 bits per heavy atom. The molecule has 0 aliphatic carbocycles. The summed E-state index contributed by atoms with van der Waals surface area (Å²) in [7, 11) is 19.0. The number of phenolic OH excluding ortho intramolecular Hbond substituents is 1. The van der Waals surface area contributed by atoms with E-state index < -0.39 is 0 Å². The second kappa shape index (κ2) is 61.3. The minimum atomic E-state index is -0.107. The smallest absolute Gasteiger partial charge is 1.00 e. The van der Waals surface area contributed by atoms with Crippen molar-refractivity contribution in [2.45, 2.75) is 108 Å². The summed E-state index contributed by atoms with van der Waals surface area (Å²) in [5.41, 5.74) is 16.0. The molecule has 25 nitrogen and oxygen atoms in total. The summed E-state index contributed by atoms with van der Waals surface area (Å²) < 4.78 is 32.5. The molecule has 109 heavy (non-hydrogen) atoms. The molecule has 36 heteroatoms. The van der Waals surface area contributed by atoms with Gasteiger partial charge in [-0.15, -0.1) is 12.6 Å². The van der Waals surface area contributed by atoms with E-state index in [1.165, 1.54) is 78.2 Å². The fraction of sp³-hybridized carbons (Fsp3) is 0.370. The molecular formula is C73H103AlClILiN11Na2O14S5. The number of Topliss-reactive ketones (excluding diaryl/α,β-unsaturated/α-hetero) is 5. The number of carbonyl (C=O) groups is 6. The summed E-state index contributed by atoms with van der Waals surface area (Å²) in [6.45, 7) is 17.4. The Morgan fingerprint density at radius 1 is 0.560 bits per heavy atom. The van der Waals surface area contributed by atoms with Gasteiger partial charge in [-0.25, -0.2) is 9.97 Å². The van der Waals surface area contributed by atoms with E-state index in [2.05, 4.69) is 91.9 Å². The molecule has 0 radical (unpaired) electrons. The SMILES string of the molecule is CCCCNc1nc(N)nc(C)c1I.CCCCNc1nc(N)nc(C)c1Sc1cc(C(C)=O)ccc1OC.CN(C)C(=S)Cl.COc1ccc(C(C)=O)cc1O.COc1ccc(C(C)=O)cc1OC(=S)N(C)C.COc1ccc(C(C)=O)cc1S.COc1ccc(C(C)=O)cc1SC(=O)N(C)C.C[O-].[AlH3].[H-].[H-].[Li+].[Na+].[Na+]. The molecule has 0 fully saturated rings. The van der Waals surface area contributed by atoms with Crippen LogP contribution in [0.15, 0.2) is 111 Å². The van der Waals surface area contributed by atoms with Gasteiger partial charge in [-0.2, -0.15) is 17.1 Å². The maximum Gasteiger partial charge on any atom is 1.00 e. The number of hydrogen-bond donors (Lipinski definition) is 6. The molecule has 0 aliphatic rings. The maximum absolute atomic E-state index is 11.7. The first-order valence-corrected chi connectivity index (χ1v) is 36.3. The number of aromatic hydroxyl groups is 1. The first-order chi connectivity index (χ1) is 49.4. The number of aromatic nitrogens is 4. The molecule has 0 atom stereocenters. The van der Waals surface area contributed by atoms with Gasteiger partial charge in [-0.3, -0.25) is 28.8 Å². The number of thiol groups is 1. The van der Waals surface area contributed by atoms with E-state index in [1.54, 1.807) is 152 Å². The third-order valence-electron chi connectivity index (χ3n) is 13.3. The summed E-state index contributed by atoms with van der Waals surface area (Å²) in [6, 6.07) is 25.2. The maximum atomic E-state index is 11.7. The van der Waals surface area contributed by atoms with E-state index >= 15 is 0 Å². The van der Waals surface area contributed by atoms with Crippen molar-refractivity contribution in [1.82, 2.24) is 34.6 Å². The molecule has 1 amide bonds. The molecule has 7 aromatic rings. The van der Waals surface area contributed by atoms with Gasteiger partial charge in [0.1, 0.15) is 28.9 Å². The number of ketones is 5. The van der Waals surface area contributed by atoms with Crippen molar-refractivity contribution in [2.75, 3.05) is 120 Å². The van der Waals surface area contributed by atoms with Crippen LogP contribution < -0.4 is 134 Å². The number of halogens is 2. The van der Waals surface area contributed by atoms with Crippen LogP contribution in [0.3, 0.4) is 0 Å². The molecule has 2 heterocycles. The third kappa shape index (κ3) is 43.0. The van der Waals surface area contributed by atoms with Gasteiger partial charge >= 0.3 is 78.0 Å². The monoisotopic (exact) mass is 1760 g/mol. The van der Waals surface area contributed by atoms with E-state index in [0.29, 0.717) is 93.5 Å². The Bertz CT molecular complexity index is 3910. The Kier molecular flexibility index (Phi) is 63.3. The zero-order valence-electron chi connectivity index (χ0n) is 68.3. The number of aryl methyl sites for hydroxylation is 2. The Morgan fingerprint density at radius 2 is 0.917 bits per heavy atom. The van der Waals surface area contributed by atoms with Gasteiger partial charge in [0.2, 0.25) is 11.9 Å². The molecule has 0 saturated carbocycles. The standard InChI is InChI=1S/C18H24N4O2S.2C12H15NO3S.C9H15IN4.C9H10O3.C9H10O2S.C3H6ClNS.CH3O.Al.Li.2Na.5H/c1-5-6-9-20-17-16(11(2)21-18(19)22-17)25-15-10-13(12(3)23)7-8-14(15)24-4;1-8(14)9-5-6-10(16-4)11(7-9)17-12(15)13(2)3;1-8(14)9-5-6-10(15-4)11(7-9)16-12(17)13(2)3;1-3-4-5-12-8-7(10)6(2)13-9(11)14-8;1-6(10)7-3-4-9(12-2)8(11)5-7;1-6(10)7-3-4-8(11-2)9(12)5-7;1-5(2)3(4)6;1-2;;;;;;;;;/h7-8,10H,5-6,9H2,1-4H3,(H3,19,20,21,22);2*5-7H,1-4H3;3-5H2,1-2H3,(H3,11,12,13,14);3-5,11H,1-2H3;3-5,12H,1-2H3;1-2H3;1H3;;;;;;;;;/q;;;;;;;-1;;3*+1;;;;2*-1. The van der Waals surface area contributed by atoms with Crippen LogP contribution >= 0.6 is 94.8 Å². The molecule has 584 valence electrons. The van der Waals surface area contributed by atoms with Crippen molar-refractivity contribution in [3.8, 4) is 40.2 Å². The number of phenols is 1. The molecule has 0 bridgehead atoms. The number of nitrogen functional groups attached to an aromatic ring is 2. The van der Waals surface area contributed by atoms with Crippen LogP contribution in [0, 0.1) is 17.4 Å². The zero-order valence-corrected chi connectivity index (χ0v) is 77.4. The molecule has 0 saturated heterocycles. The molecule has 5 aromatic carbocycles. The number of unbranched alkanes of at least 4 members (excludes halogenated alkanes) is 2. The number of amides is 1. The number of nitrogens with two attached hydrogens (primary N) is 2. The number of thioether (sulfide) groups is 1. The van der Waals surface area contributed by atoms with Crippen LogP contribution in [0.5, 0.6) is 40.2 Å². The van der Waals surface area contributed by atoms with E-state index in [0.717, 1.165) is 81.8 Å². The predicted molar refractivity (Wildman–Crippen MR) is 452 cm³/mol. The molecule has 0 unspecified atom stereocenters. The minimum absolute atomic E-state index is 0. The van der Waals surface area contributed by atoms with E-state index in [1.807, 2.05) is 19.9 Å². The number of rotatable bonds is 22. The van der Waals surface area contributed by atoms with Gasteiger partial charge in [0.05, 0.1) is 65.2 Å². The van der Waals surface area contributed by atoms with Gasteiger partial charge in [-0.05, 0) is 211 Å². The number of hydrogen-bond acceptors (Lipinski definition) is 27. The van der Waals surface area contributed by atoms with Crippen LogP contribution in [0.25, 0.3) is 0 Å². The second-order valence-corrected chi connectivity index (χ2v) is 27.1. The van der Waals surface area contributed by atoms with Crippen molar-refractivity contribution in [3.05, 3.63) is 134 Å². The topological polar surface area (TPSA) is 338 Å². The molecule has 7 N–H and O–H groups in total. The van der Waals surface area contributed by atoms with Crippen LogP contribution in [0.1, 0.15) is 140 Å². The summed E-state index contributed by atoms with van der Waals surface area (Å²) in [6.07, 6.45) is 4.43. The number of thiocarbonyl (C=S) groups is 2. The van der Waals surface area contributed by atoms with Gasteiger partial charge < -0.3 is 78.3 Å². The fourth-order valence-corrected chi connectivity index (χ4v) is 10.2. The van der Waals surface area contributed by atoms with Crippen molar-refractivity contribution >= 4 is 179 Å². The number of nitrogens with zero attached hydrogens (tertiary/aromatic N) is 7. The third-order valence-corrected chi connectivity index (χ3v) is 18.4. The predicted octanol–water partition coefficient (Wildman–Crippen LogP) is 4.81. The summed E-state index contributed by atoms with van der Waals surface area (Å²) >= 11 is 23.7. The summed E-state index contributed by atoms with van der Waals surface area (Å²) in [5.74, 6) is 5.36. The van der Waals surface area contributed by atoms with Crippen molar-refractivity contribution in [2.24, 2.45) is 0 Å². The fourth-order valence-electron chi connectivity index (χ4n) is 7.52. The van der Waals surface area contributed by atoms with Gasteiger partial charge in [0.15, 0.2) is 73.7 Å². The van der Waals surface area contributed by atoms with Crippen LogP contribution in [0.4, 0.5) is 28.3 Å². The molecule has 0 spiro atoms. The Hall–Kier alpha value is -5.18. The largest absolute Gasteiger partial charge is 1.00 e. The minimum Gasteiger partial charge on any atom is -1.00 e. The van der Waals surface area contributed by atoms with Crippen LogP contribution in [0.2, 0.25) is 0 Å². The molecular weight excluding hydrogens is 1660 g/mol. The van der Waals surface area contributed by atoms with E-state index in [9.17, 15) is 33.9 Å². The quantitative estimate of drug-likeness (QED) is 0.00610. The first-order valence-electron chi connectivity index (χ1n) is 31.9. The number of nitrogens with one attached hydrogen (secondary N) is 2. The molecule has 2 aromatic heterocycles. The summed E-state index contributed by atoms with van der Waals surface area (Å²) in [5, 5.41) is 24.3. The zero-order chi connectivity index (χ0) is 80.4. The Labute approximate surface area is 755 Å². The average Bonchev–Trinajstić information content (AvgIpc) is 0.817. The average molecular weight is 1760 g/mol. The number of carbonyl (C=O) groups excluding carboxylic acids is 6. The first kappa shape index (κ1) is 112. The van der Waals surface area contributed by atoms with Gasteiger partial charge in [0, 0.05) is 88.1 Å². The summed E-state index contributed by atoms with van der Waals surface area (Å²) in [4.78, 5) is 92.3. The van der Waals surface area contributed by atoms with E-state index in [4.69, 9.17) is 68.8 Å². The number of ether oxygens (including phenoxy) is 6. The van der Waals surface area contributed by atoms with E-state index in [-0.39, 0.29) is 144 Å². The second-order valence-electron chi connectivity index (χ2n) is 22.2. The van der Waals surface area contributed by atoms with Crippen molar-refractivity contribution in [3.63, 3.8) is 0 Å².